The van der Waals surface area contributed by atoms with E-state index < -0.39 is 10.1 Å². The molecule has 1 amide bonds. The maximum atomic E-state index is 12.5. The summed E-state index contributed by atoms with van der Waals surface area (Å²) in [7, 11) is -3.64. The molecule has 1 aliphatic heterocycles. The van der Waals surface area contributed by atoms with E-state index in [-0.39, 0.29) is 17.4 Å². The molecule has 2 aromatic rings. The lowest BCUT2D eigenvalue weighted by molar-refractivity contribution is 0.0952. The fourth-order valence-corrected chi connectivity index (χ4v) is 6.58. The predicted octanol–water partition coefficient (Wildman–Crippen LogP) is 7.13. The zero-order valence-electron chi connectivity index (χ0n) is 27.3. The average molecular weight is 629 g/mol. The number of carbonyl (C=O) groups excluding carboxylic acids is 1. The number of rotatable bonds is 22. The molecule has 3 rings (SSSR count). The number of nitrogens with one attached hydrogen (secondary N) is 1. The van der Waals surface area contributed by atoms with E-state index in [1.807, 2.05) is 19.1 Å². The molecular weight excluding hydrogens is 572 g/mol. The summed E-state index contributed by atoms with van der Waals surface area (Å²) in [6.07, 6.45) is 18.0. The summed E-state index contributed by atoms with van der Waals surface area (Å²) >= 11 is 0. The van der Waals surface area contributed by atoms with Crippen LogP contribution in [0.1, 0.15) is 113 Å². The summed E-state index contributed by atoms with van der Waals surface area (Å²) in [6.45, 7) is 10.4. The number of pyridine rings is 1. The van der Waals surface area contributed by atoms with Crippen LogP contribution < -0.4 is 10.2 Å². The molecule has 1 N–H and O–H groups in total. The molecule has 9 heteroatoms. The Hall–Kier alpha value is -2.49. The van der Waals surface area contributed by atoms with Gasteiger partial charge in [0.2, 0.25) is 0 Å². The molecule has 0 saturated carbocycles. The van der Waals surface area contributed by atoms with E-state index in [4.69, 9.17) is 4.18 Å². The first-order chi connectivity index (χ1) is 21.4. The number of hydrogen-bond donors (Lipinski definition) is 1. The van der Waals surface area contributed by atoms with Gasteiger partial charge < -0.3 is 10.2 Å². The van der Waals surface area contributed by atoms with Gasteiger partial charge in [0.05, 0.1) is 17.1 Å². The minimum absolute atomic E-state index is 0.0313. The number of unbranched alkanes of at least 4 members (excludes halogenated alkanes) is 12. The van der Waals surface area contributed by atoms with Gasteiger partial charge in [-0.2, -0.15) is 8.42 Å². The number of aryl methyl sites for hydroxylation is 1. The van der Waals surface area contributed by atoms with Crippen molar-refractivity contribution < 1.29 is 17.4 Å². The molecule has 0 unspecified atom stereocenters. The highest BCUT2D eigenvalue weighted by Gasteiger charge is 2.18. The molecule has 246 valence electrons. The van der Waals surface area contributed by atoms with Crippen LogP contribution in [0.4, 0.5) is 5.82 Å². The van der Waals surface area contributed by atoms with Crippen molar-refractivity contribution in [2.24, 2.45) is 0 Å². The Morgan fingerprint density at radius 2 is 1.36 bits per heavy atom. The SMILES string of the molecule is CCCN1CCN(c2ccc(C(=O)NCCCCCCCCCCCCCCCOS(=O)(=O)c3ccc(C)cc3)cn2)CC1. The van der Waals surface area contributed by atoms with E-state index >= 15 is 0 Å². The maximum Gasteiger partial charge on any atom is 0.296 e. The monoisotopic (exact) mass is 628 g/mol. The maximum absolute atomic E-state index is 12.5. The first-order valence-corrected chi connectivity index (χ1v) is 18.5. The number of anilines is 1. The lowest BCUT2D eigenvalue weighted by Gasteiger charge is -2.35. The van der Waals surface area contributed by atoms with Gasteiger partial charge in [0.1, 0.15) is 5.82 Å². The molecule has 0 bridgehead atoms. The Bertz CT molecular complexity index is 1160. The number of benzene rings is 1. The van der Waals surface area contributed by atoms with Gasteiger partial charge in [0.15, 0.2) is 0 Å². The minimum Gasteiger partial charge on any atom is -0.354 e. The number of carbonyl (C=O) groups is 1. The topological polar surface area (TPSA) is 91.8 Å². The van der Waals surface area contributed by atoms with Gasteiger partial charge in [-0.25, -0.2) is 4.98 Å². The Kier molecular flexibility index (Phi) is 16.8. The molecule has 0 spiro atoms. The Labute approximate surface area is 267 Å². The van der Waals surface area contributed by atoms with Gasteiger partial charge in [-0.15, -0.1) is 0 Å². The fraction of sp³-hybridized carbons (Fsp3) is 0.657. The molecule has 1 aliphatic rings. The summed E-state index contributed by atoms with van der Waals surface area (Å²) in [5.41, 5.74) is 1.66. The molecule has 1 saturated heterocycles. The second-order valence-corrected chi connectivity index (χ2v) is 13.8. The van der Waals surface area contributed by atoms with Crippen molar-refractivity contribution in [3.8, 4) is 0 Å². The van der Waals surface area contributed by atoms with Crippen LogP contribution in [0, 0.1) is 6.92 Å². The Balaban J connectivity index is 1.08. The largest absolute Gasteiger partial charge is 0.354 e. The smallest absolute Gasteiger partial charge is 0.296 e. The van der Waals surface area contributed by atoms with E-state index in [1.165, 1.54) is 57.8 Å². The van der Waals surface area contributed by atoms with E-state index in [0.717, 1.165) is 76.2 Å². The number of aromatic nitrogens is 1. The van der Waals surface area contributed by atoms with Gasteiger partial charge in [0.25, 0.3) is 16.0 Å². The van der Waals surface area contributed by atoms with Crippen molar-refractivity contribution in [1.82, 2.24) is 15.2 Å². The highest BCUT2D eigenvalue weighted by atomic mass is 32.2. The molecule has 0 radical (unpaired) electrons. The standard InChI is InChI=1S/C35H56N4O4S/c1-3-24-38-25-27-39(28-26-38)34-22-19-32(30-37-34)35(40)36-23-15-13-11-9-7-5-4-6-8-10-12-14-16-29-43-44(41,42)33-20-17-31(2)18-21-33/h17-22,30H,3-16,23-29H2,1-2H3,(H,36,40). The number of nitrogens with zero attached hydrogens (tertiary/aromatic N) is 3. The van der Waals surface area contributed by atoms with Crippen molar-refractivity contribution in [2.45, 2.75) is 109 Å². The van der Waals surface area contributed by atoms with E-state index in [9.17, 15) is 13.2 Å². The lowest BCUT2D eigenvalue weighted by Crippen LogP contribution is -2.46. The summed E-state index contributed by atoms with van der Waals surface area (Å²) in [4.78, 5) is 22.1. The number of hydrogen-bond acceptors (Lipinski definition) is 7. The van der Waals surface area contributed by atoms with Crippen molar-refractivity contribution >= 4 is 21.8 Å². The van der Waals surface area contributed by atoms with Gasteiger partial charge in [0, 0.05) is 38.9 Å². The van der Waals surface area contributed by atoms with Gasteiger partial charge in [-0.1, -0.05) is 95.2 Å². The normalized spacial score (nSPS) is 14.2. The van der Waals surface area contributed by atoms with E-state index in [1.54, 1.807) is 30.5 Å². The van der Waals surface area contributed by atoms with Crippen molar-refractivity contribution in [3.63, 3.8) is 0 Å². The molecule has 2 heterocycles. The molecule has 1 aromatic carbocycles. The Morgan fingerprint density at radius 1 is 0.795 bits per heavy atom. The molecule has 44 heavy (non-hydrogen) atoms. The van der Waals surface area contributed by atoms with Gasteiger partial charge in [-0.3, -0.25) is 13.9 Å². The fourth-order valence-electron chi connectivity index (χ4n) is 5.64. The third-order valence-electron chi connectivity index (χ3n) is 8.40. The third kappa shape index (κ3) is 13.7. The molecule has 8 nitrogen and oxygen atoms in total. The van der Waals surface area contributed by atoms with E-state index in [2.05, 4.69) is 27.0 Å². The quantitative estimate of drug-likeness (QED) is 0.110. The van der Waals surface area contributed by atoms with Crippen molar-refractivity contribution in [1.29, 1.82) is 0 Å². The molecule has 0 atom stereocenters. The van der Waals surface area contributed by atoms with Crippen molar-refractivity contribution in [3.05, 3.63) is 53.7 Å². The average Bonchev–Trinajstić information content (AvgIpc) is 3.03. The second-order valence-electron chi connectivity index (χ2n) is 12.2. The van der Waals surface area contributed by atoms with Crippen molar-refractivity contribution in [2.75, 3.05) is 50.8 Å². The summed E-state index contributed by atoms with van der Waals surface area (Å²) in [6, 6.07) is 10.6. The summed E-state index contributed by atoms with van der Waals surface area (Å²) in [5.74, 6) is 0.932. The van der Waals surface area contributed by atoms with Crippen LogP contribution in [0.5, 0.6) is 0 Å². The van der Waals surface area contributed by atoms with Gasteiger partial charge in [-0.05, 0) is 57.0 Å². The first kappa shape index (κ1) is 36.0. The van der Waals surface area contributed by atoms with Crippen LogP contribution in [0.15, 0.2) is 47.5 Å². The highest BCUT2D eigenvalue weighted by molar-refractivity contribution is 7.86. The number of piperazine rings is 1. The van der Waals surface area contributed by atoms with Crippen LogP contribution in [0.2, 0.25) is 0 Å². The van der Waals surface area contributed by atoms with Crippen LogP contribution in [0.3, 0.4) is 0 Å². The molecule has 1 fully saturated rings. The van der Waals surface area contributed by atoms with Crippen LogP contribution in [0.25, 0.3) is 0 Å². The lowest BCUT2D eigenvalue weighted by atomic mass is 10.0. The third-order valence-corrected chi connectivity index (χ3v) is 9.73. The van der Waals surface area contributed by atoms with Gasteiger partial charge >= 0.3 is 0 Å². The predicted molar refractivity (Wildman–Crippen MR) is 180 cm³/mol. The minimum atomic E-state index is -3.64. The summed E-state index contributed by atoms with van der Waals surface area (Å²) in [5, 5.41) is 3.05. The molecule has 0 aliphatic carbocycles. The van der Waals surface area contributed by atoms with Crippen LogP contribution >= 0.6 is 0 Å². The van der Waals surface area contributed by atoms with Crippen LogP contribution in [-0.4, -0.2) is 70.1 Å². The molecular formula is C35H56N4O4S. The zero-order valence-corrected chi connectivity index (χ0v) is 28.1. The van der Waals surface area contributed by atoms with Crippen LogP contribution in [-0.2, 0) is 14.3 Å². The summed E-state index contributed by atoms with van der Waals surface area (Å²) < 4.78 is 29.6. The zero-order chi connectivity index (χ0) is 31.5. The highest BCUT2D eigenvalue weighted by Crippen LogP contribution is 2.17. The second kappa shape index (κ2) is 20.5. The Morgan fingerprint density at radius 3 is 1.91 bits per heavy atom. The van der Waals surface area contributed by atoms with E-state index in [0.29, 0.717) is 12.1 Å². The number of amides is 1. The first-order valence-electron chi connectivity index (χ1n) is 17.1. The molecule has 1 aromatic heterocycles.